The highest BCUT2D eigenvalue weighted by Crippen LogP contribution is 2.30. The molecule has 0 bridgehead atoms. The summed E-state index contributed by atoms with van der Waals surface area (Å²) in [5, 5.41) is 11.5. The van der Waals surface area contributed by atoms with Crippen molar-refractivity contribution in [2.24, 2.45) is 5.92 Å². The molecule has 19 heavy (non-hydrogen) atoms. The molecule has 5 nitrogen and oxygen atoms in total. The average molecular weight is 255 g/mol. The molecule has 0 aliphatic heterocycles. The number of fused-ring (bicyclic) bond motifs is 1. The number of aromatic nitrogens is 4. The van der Waals surface area contributed by atoms with Gasteiger partial charge in [-0.05, 0) is 24.5 Å². The number of nitrogens with two attached hydrogens (primary N) is 1. The molecule has 0 saturated heterocycles. The highest BCUT2D eigenvalue weighted by molar-refractivity contribution is 5.81. The van der Waals surface area contributed by atoms with Crippen LogP contribution in [0.25, 0.3) is 16.8 Å². The Labute approximate surface area is 111 Å². The van der Waals surface area contributed by atoms with Gasteiger partial charge < -0.3 is 5.73 Å². The van der Waals surface area contributed by atoms with Gasteiger partial charge in [0.15, 0.2) is 0 Å². The molecule has 0 aliphatic rings. The normalized spacial score (nSPS) is 11.5. The Morgan fingerprint density at radius 3 is 3.00 bits per heavy atom. The third-order valence-electron chi connectivity index (χ3n) is 3.21. The number of anilines is 1. The van der Waals surface area contributed by atoms with E-state index in [-0.39, 0.29) is 0 Å². The van der Waals surface area contributed by atoms with E-state index in [1.54, 1.807) is 0 Å². The van der Waals surface area contributed by atoms with Gasteiger partial charge in [-0.2, -0.15) is 10.2 Å². The van der Waals surface area contributed by atoms with E-state index in [1.807, 2.05) is 35.1 Å². The molecule has 0 aliphatic carbocycles. The summed E-state index contributed by atoms with van der Waals surface area (Å²) in [6, 6.07) is 6.00. The maximum atomic E-state index is 5.97. The molecule has 0 spiro atoms. The van der Waals surface area contributed by atoms with E-state index in [1.165, 1.54) is 0 Å². The van der Waals surface area contributed by atoms with Gasteiger partial charge in [-0.1, -0.05) is 19.9 Å². The molecule has 0 amide bonds. The lowest BCUT2D eigenvalue weighted by Crippen LogP contribution is -1.99. The predicted molar refractivity (Wildman–Crippen MR) is 75.7 cm³/mol. The van der Waals surface area contributed by atoms with E-state index >= 15 is 0 Å². The van der Waals surface area contributed by atoms with E-state index in [0.29, 0.717) is 11.7 Å². The van der Waals surface area contributed by atoms with Crippen LogP contribution in [0.1, 0.15) is 19.4 Å². The van der Waals surface area contributed by atoms with E-state index in [4.69, 9.17) is 5.73 Å². The Morgan fingerprint density at radius 2 is 2.21 bits per heavy atom. The molecule has 5 heteroatoms. The Morgan fingerprint density at radius 1 is 1.37 bits per heavy atom. The van der Waals surface area contributed by atoms with Crippen molar-refractivity contribution in [2.75, 3.05) is 5.73 Å². The molecule has 98 valence electrons. The van der Waals surface area contributed by atoms with Crippen molar-refractivity contribution >= 4 is 11.3 Å². The summed E-state index contributed by atoms with van der Waals surface area (Å²) in [7, 11) is 0. The number of pyridine rings is 1. The van der Waals surface area contributed by atoms with Gasteiger partial charge in [-0.15, -0.1) is 0 Å². The minimum absolute atomic E-state index is 0.528. The van der Waals surface area contributed by atoms with Crippen molar-refractivity contribution in [2.45, 2.75) is 20.3 Å². The van der Waals surface area contributed by atoms with Crippen molar-refractivity contribution < 1.29 is 0 Å². The van der Waals surface area contributed by atoms with Gasteiger partial charge in [0, 0.05) is 17.3 Å². The fourth-order valence-corrected chi connectivity index (χ4v) is 2.34. The van der Waals surface area contributed by atoms with Gasteiger partial charge in [0.2, 0.25) is 0 Å². The average Bonchev–Trinajstić information content (AvgIpc) is 2.94. The van der Waals surface area contributed by atoms with Gasteiger partial charge in [-0.3, -0.25) is 5.10 Å². The first kappa shape index (κ1) is 11.8. The fourth-order valence-electron chi connectivity index (χ4n) is 2.34. The molecular weight excluding hydrogens is 238 g/mol. The Bertz CT molecular complexity index is 708. The molecule has 0 atom stereocenters. The summed E-state index contributed by atoms with van der Waals surface area (Å²) < 4.78 is 1.85. The zero-order valence-corrected chi connectivity index (χ0v) is 11.1. The zero-order chi connectivity index (χ0) is 13.4. The molecule has 3 heterocycles. The van der Waals surface area contributed by atoms with Crippen LogP contribution in [0.4, 0.5) is 5.82 Å². The Kier molecular flexibility index (Phi) is 2.74. The largest absolute Gasteiger partial charge is 0.382 e. The van der Waals surface area contributed by atoms with E-state index in [0.717, 1.165) is 28.8 Å². The number of hydrogen-bond donors (Lipinski definition) is 2. The molecule has 0 aromatic carbocycles. The number of rotatable bonds is 3. The minimum Gasteiger partial charge on any atom is -0.382 e. The van der Waals surface area contributed by atoms with Gasteiger partial charge in [0.1, 0.15) is 5.82 Å². The SMILES string of the molecule is CC(C)Cc1c(N)n[nH]c1-c1cnn2ccccc12. The number of aromatic amines is 1. The van der Waals surface area contributed by atoms with Crippen LogP contribution < -0.4 is 5.73 Å². The highest BCUT2D eigenvalue weighted by Gasteiger charge is 2.17. The molecule has 0 unspecified atom stereocenters. The second-order valence-electron chi connectivity index (χ2n) is 5.15. The summed E-state index contributed by atoms with van der Waals surface area (Å²) in [5.74, 6) is 1.11. The zero-order valence-electron chi connectivity index (χ0n) is 11.1. The second-order valence-corrected chi connectivity index (χ2v) is 5.15. The molecule has 3 N–H and O–H groups in total. The first-order valence-electron chi connectivity index (χ1n) is 6.42. The molecule has 3 aromatic rings. The van der Waals surface area contributed by atoms with Crippen LogP contribution in [0.2, 0.25) is 0 Å². The van der Waals surface area contributed by atoms with Gasteiger partial charge in [-0.25, -0.2) is 4.52 Å². The van der Waals surface area contributed by atoms with E-state index in [2.05, 4.69) is 29.1 Å². The van der Waals surface area contributed by atoms with Crippen LogP contribution in [0.15, 0.2) is 30.6 Å². The van der Waals surface area contributed by atoms with Crippen molar-refractivity contribution in [3.8, 4) is 11.3 Å². The molecule has 3 rings (SSSR count). The van der Waals surface area contributed by atoms with Crippen molar-refractivity contribution in [1.82, 2.24) is 19.8 Å². The van der Waals surface area contributed by atoms with Crippen LogP contribution in [0.5, 0.6) is 0 Å². The van der Waals surface area contributed by atoms with Crippen LogP contribution >= 0.6 is 0 Å². The standard InChI is InChI=1S/C14H17N5/c1-9(2)7-10-13(17-18-14(10)15)11-8-16-19-6-4-3-5-12(11)19/h3-6,8-9H,7H2,1-2H3,(H3,15,17,18). The number of nitrogens with zero attached hydrogens (tertiary/aromatic N) is 3. The van der Waals surface area contributed by atoms with Gasteiger partial charge in [0.05, 0.1) is 17.4 Å². The maximum Gasteiger partial charge on any atom is 0.149 e. The topological polar surface area (TPSA) is 72.0 Å². The summed E-state index contributed by atoms with van der Waals surface area (Å²) in [5.41, 5.74) is 10.1. The monoisotopic (exact) mass is 255 g/mol. The number of nitrogens with one attached hydrogen (secondary N) is 1. The quantitative estimate of drug-likeness (QED) is 0.755. The molecule has 3 aromatic heterocycles. The van der Waals surface area contributed by atoms with Crippen LogP contribution in [0.3, 0.4) is 0 Å². The van der Waals surface area contributed by atoms with Crippen LogP contribution in [-0.2, 0) is 6.42 Å². The Balaban J connectivity index is 2.16. The second kappa shape index (κ2) is 4.42. The smallest absolute Gasteiger partial charge is 0.149 e. The summed E-state index contributed by atoms with van der Waals surface area (Å²) >= 11 is 0. The molecule has 0 radical (unpaired) electrons. The fraction of sp³-hybridized carbons (Fsp3) is 0.286. The first-order chi connectivity index (χ1) is 9.16. The minimum atomic E-state index is 0.528. The number of H-pyrrole nitrogens is 1. The van der Waals surface area contributed by atoms with Crippen LogP contribution in [0, 0.1) is 5.92 Å². The summed E-state index contributed by atoms with van der Waals surface area (Å²) in [6.07, 6.45) is 4.69. The highest BCUT2D eigenvalue weighted by atomic mass is 15.2. The summed E-state index contributed by atoms with van der Waals surface area (Å²) in [4.78, 5) is 0. The number of hydrogen-bond acceptors (Lipinski definition) is 3. The molecule has 0 fully saturated rings. The van der Waals surface area contributed by atoms with Crippen molar-refractivity contribution in [3.05, 3.63) is 36.2 Å². The van der Waals surface area contributed by atoms with Crippen molar-refractivity contribution in [3.63, 3.8) is 0 Å². The van der Waals surface area contributed by atoms with Crippen molar-refractivity contribution in [1.29, 1.82) is 0 Å². The lowest BCUT2D eigenvalue weighted by molar-refractivity contribution is 0.649. The first-order valence-corrected chi connectivity index (χ1v) is 6.42. The lowest BCUT2D eigenvalue weighted by atomic mass is 10.00. The van der Waals surface area contributed by atoms with Gasteiger partial charge in [0.25, 0.3) is 0 Å². The molecule has 0 saturated carbocycles. The molecular formula is C14H17N5. The maximum absolute atomic E-state index is 5.97. The third-order valence-corrected chi connectivity index (χ3v) is 3.21. The van der Waals surface area contributed by atoms with Crippen LogP contribution in [-0.4, -0.2) is 19.8 Å². The summed E-state index contributed by atoms with van der Waals surface area (Å²) in [6.45, 7) is 4.35. The number of nitrogen functional groups attached to an aromatic ring is 1. The third kappa shape index (κ3) is 1.97. The van der Waals surface area contributed by atoms with E-state index < -0.39 is 0 Å². The van der Waals surface area contributed by atoms with E-state index in [9.17, 15) is 0 Å². The van der Waals surface area contributed by atoms with Gasteiger partial charge >= 0.3 is 0 Å². The predicted octanol–water partition coefficient (Wildman–Crippen LogP) is 2.51. The lowest BCUT2D eigenvalue weighted by Gasteiger charge is -2.06. The Hall–Kier alpha value is -2.30.